The molecule has 24 heavy (non-hydrogen) atoms. The Morgan fingerprint density at radius 2 is 1.71 bits per heavy atom. The number of nitrogens with one attached hydrogen (secondary N) is 1. The quantitative estimate of drug-likeness (QED) is 0.848. The van der Waals surface area contributed by atoms with E-state index in [2.05, 4.69) is 27.1 Å². The topological polar surface area (TPSA) is 48.5 Å². The van der Waals surface area contributed by atoms with Crippen LogP contribution in [0.25, 0.3) is 0 Å². The molecule has 126 valence electrons. The van der Waals surface area contributed by atoms with Crippen LogP contribution in [0.2, 0.25) is 10.2 Å². The van der Waals surface area contributed by atoms with Crippen molar-refractivity contribution in [1.29, 1.82) is 0 Å². The lowest BCUT2D eigenvalue weighted by Gasteiger charge is -2.34. The summed E-state index contributed by atoms with van der Waals surface area (Å²) >= 11 is 11.8. The number of piperazine rings is 1. The van der Waals surface area contributed by atoms with E-state index in [1.807, 2.05) is 24.3 Å². The molecule has 1 aliphatic rings. The average Bonchev–Trinajstić information content (AvgIpc) is 2.58. The van der Waals surface area contributed by atoms with Crippen LogP contribution in [-0.2, 0) is 0 Å². The first-order valence-corrected chi connectivity index (χ1v) is 8.45. The summed E-state index contributed by atoms with van der Waals surface area (Å²) in [4.78, 5) is 20.9. The van der Waals surface area contributed by atoms with Crippen LogP contribution in [0.3, 0.4) is 0 Å². The van der Waals surface area contributed by atoms with Crippen LogP contribution in [0.1, 0.15) is 10.5 Å². The van der Waals surface area contributed by atoms with Crippen LogP contribution in [-0.4, -0.2) is 49.0 Å². The molecule has 2 heterocycles. The number of amides is 1. The second kappa shape index (κ2) is 7.38. The normalized spacial score (nSPS) is 15.4. The zero-order valence-corrected chi connectivity index (χ0v) is 14.8. The van der Waals surface area contributed by atoms with Gasteiger partial charge in [0.2, 0.25) is 0 Å². The number of carbonyl (C=O) groups excluding carboxylic acids is 1. The third kappa shape index (κ3) is 3.98. The summed E-state index contributed by atoms with van der Waals surface area (Å²) in [5.74, 6) is -0.380. The minimum Gasteiger partial charge on any atom is -0.369 e. The Bertz CT molecular complexity index is 728. The fourth-order valence-corrected chi connectivity index (χ4v) is 2.93. The van der Waals surface area contributed by atoms with Crippen LogP contribution >= 0.6 is 23.2 Å². The summed E-state index contributed by atoms with van der Waals surface area (Å²) < 4.78 is 0. The molecule has 2 aromatic rings. The number of anilines is 2. The predicted octanol–water partition coefficient (Wildman–Crippen LogP) is 3.39. The van der Waals surface area contributed by atoms with Gasteiger partial charge in [-0.05, 0) is 43.4 Å². The molecule has 1 aromatic carbocycles. The smallest absolute Gasteiger partial charge is 0.275 e. The minimum atomic E-state index is -0.380. The fraction of sp³-hybridized carbons (Fsp3) is 0.294. The third-order valence-electron chi connectivity index (χ3n) is 4.02. The maximum Gasteiger partial charge on any atom is 0.275 e. The molecular weight excluding hydrogens is 347 g/mol. The van der Waals surface area contributed by atoms with Gasteiger partial charge < -0.3 is 15.1 Å². The fourth-order valence-electron chi connectivity index (χ4n) is 2.59. The summed E-state index contributed by atoms with van der Waals surface area (Å²) in [5, 5.41) is 3.29. The Morgan fingerprint density at radius 3 is 2.38 bits per heavy atom. The zero-order chi connectivity index (χ0) is 17.1. The van der Waals surface area contributed by atoms with E-state index in [4.69, 9.17) is 23.2 Å². The van der Waals surface area contributed by atoms with E-state index < -0.39 is 0 Å². The van der Waals surface area contributed by atoms with E-state index in [1.165, 1.54) is 0 Å². The zero-order valence-electron chi connectivity index (χ0n) is 13.3. The molecule has 0 radical (unpaired) electrons. The van der Waals surface area contributed by atoms with Gasteiger partial charge in [0.1, 0.15) is 10.8 Å². The highest BCUT2D eigenvalue weighted by Crippen LogP contribution is 2.21. The Kier molecular flexibility index (Phi) is 5.23. The number of aromatic nitrogens is 1. The monoisotopic (exact) mass is 364 g/mol. The largest absolute Gasteiger partial charge is 0.369 e. The minimum absolute atomic E-state index is 0.118. The van der Waals surface area contributed by atoms with Gasteiger partial charge in [0, 0.05) is 37.6 Å². The van der Waals surface area contributed by atoms with Gasteiger partial charge in [-0.3, -0.25) is 4.79 Å². The van der Waals surface area contributed by atoms with Gasteiger partial charge in [-0.15, -0.1) is 0 Å². The van der Waals surface area contributed by atoms with E-state index in [9.17, 15) is 4.79 Å². The van der Waals surface area contributed by atoms with Crippen LogP contribution in [0.5, 0.6) is 0 Å². The highest BCUT2D eigenvalue weighted by Gasteiger charge is 2.15. The second-order valence-corrected chi connectivity index (χ2v) is 6.55. The Morgan fingerprint density at radius 1 is 1.04 bits per heavy atom. The van der Waals surface area contributed by atoms with E-state index in [0.717, 1.165) is 31.9 Å². The first-order chi connectivity index (χ1) is 11.5. The van der Waals surface area contributed by atoms with E-state index >= 15 is 0 Å². The van der Waals surface area contributed by atoms with Crippen molar-refractivity contribution in [1.82, 2.24) is 9.88 Å². The molecule has 1 fully saturated rings. The van der Waals surface area contributed by atoms with Gasteiger partial charge in [0.25, 0.3) is 5.91 Å². The highest BCUT2D eigenvalue weighted by molar-refractivity contribution is 6.35. The molecule has 0 spiro atoms. The Hall–Kier alpha value is -1.82. The molecule has 1 aliphatic heterocycles. The predicted molar refractivity (Wildman–Crippen MR) is 98.4 cm³/mol. The van der Waals surface area contributed by atoms with Crippen molar-refractivity contribution >= 4 is 40.5 Å². The first-order valence-electron chi connectivity index (χ1n) is 7.70. The number of nitrogens with zero attached hydrogens (tertiary/aromatic N) is 3. The Balaban J connectivity index is 1.68. The molecule has 7 heteroatoms. The van der Waals surface area contributed by atoms with Crippen molar-refractivity contribution in [2.24, 2.45) is 0 Å². The summed E-state index contributed by atoms with van der Waals surface area (Å²) in [7, 11) is 2.13. The van der Waals surface area contributed by atoms with E-state index in [-0.39, 0.29) is 21.8 Å². The SMILES string of the molecule is CN1CCN(c2ccc(NC(=O)c3nc(Cl)ccc3Cl)cc2)CC1. The van der Waals surface area contributed by atoms with Crippen molar-refractivity contribution in [2.75, 3.05) is 43.4 Å². The van der Waals surface area contributed by atoms with Gasteiger partial charge in [-0.1, -0.05) is 23.2 Å². The molecule has 3 rings (SSSR count). The van der Waals surface area contributed by atoms with Crippen molar-refractivity contribution in [2.45, 2.75) is 0 Å². The molecule has 0 unspecified atom stereocenters. The van der Waals surface area contributed by atoms with E-state index in [1.54, 1.807) is 12.1 Å². The van der Waals surface area contributed by atoms with Crippen LogP contribution in [0.15, 0.2) is 36.4 Å². The molecule has 0 aliphatic carbocycles. The number of hydrogen-bond donors (Lipinski definition) is 1. The first kappa shape index (κ1) is 17.0. The van der Waals surface area contributed by atoms with Gasteiger partial charge in [-0.25, -0.2) is 4.98 Å². The molecule has 1 saturated heterocycles. The molecule has 0 saturated carbocycles. The lowest BCUT2D eigenvalue weighted by atomic mass is 10.2. The number of hydrogen-bond acceptors (Lipinski definition) is 4. The van der Waals surface area contributed by atoms with Crippen LogP contribution < -0.4 is 10.2 Å². The molecule has 1 N–H and O–H groups in total. The van der Waals surface area contributed by atoms with Crippen molar-refractivity contribution in [3.05, 3.63) is 52.3 Å². The third-order valence-corrected chi connectivity index (χ3v) is 4.54. The maximum absolute atomic E-state index is 12.3. The Labute approximate surface area is 151 Å². The highest BCUT2D eigenvalue weighted by atomic mass is 35.5. The van der Waals surface area contributed by atoms with Gasteiger partial charge in [0.05, 0.1) is 5.02 Å². The number of halogens is 2. The van der Waals surface area contributed by atoms with E-state index in [0.29, 0.717) is 5.69 Å². The average molecular weight is 365 g/mol. The molecular formula is C17H18Cl2N4O. The van der Waals surface area contributed by atoms with Crippen LogP contribution in [0, 0.1) is 0 Å². The van der Waals surface area contributed by atoms with Gasteiger partial charge in [0.15, 0.2) is 0 Å². The molecule has 0 bridgehead atoms. The number of benzene rings is 1. The molecule has 1 amide bonds. The maximum atomic E-state index is 12.3. The standard InChI is InChI=1S/C17H18Cl2N4O/c1-22-8-10-23(11-9-22)13-4-2-12(3-5-13)20-17(24)16-14(18)6-7-15(19)21-16/h2-7H,8-11H2,1H3,(H,20,24). The number of rotatable bonds is 3. The van der Waals surface area contributed by atoms with Crippen LogP contribution in [0.4, 0.5) is 11.4 Å². The van der Waals surface area contributed by atoms with Gasteiger partial charge >= 0.3 is 0 Å². The molecule has 0 atom stereocenters. The summed E-state index contributed by atoms with van der Waals surface area (Å²) in [6.07, 6.45) is 0. The molecule has 5 nitrogen and oxygen atoms in total. The van der Waals surface area contributed by atoms with Crippen molar-refractivity contribution < 1.29 is 4.79 Å². The number of likely N-dealkylation sites (N-methyl/N-ethyl adjacent to an activating group) is 1. The van der Waals surface area contributed by atoms with Gasteiger partial charge in [-0.2, -0.15) is 0 Å². The second-order valence-electron chi connectivity index (χ2n) is 5.76. The summed E-state index contributed by atoms with van der Waals surface area (Å²) in [6, 6.07) is 10.9. The summed E-state index contributed by atoms with van der Waals surface area (Å²) in [6.45, 7) is 4.11. The molecule has 1 aromatic heterocycles. The number of pyridine rings is 1. The summed E-state index contributed by atoms with van der Waals surface area (Å²) in [5.41, 5.74) is 1.96. The van der Waals surface area contributed by atoms with Crippen molar-refractivity contribution in [3.8, 4) is 0 Å². The lowest BCUT2D eigenvalue weighted by Crippen LogP contribution is -2.44. The number of carbonyl (C=O) groups is 1. The lowest BCUT2D eigenvalue weighted by molar-refractivity contribution is 0.102. The van der Waals surface area contributed by atoms with Crippen molar-refractivity contribution in [3.63, 3.8) is 0 Å².